The Balaban J connectivity index is 1.57. The number of hydrogen-bond donors (Lipinski definition) is 2. The highest BCUT2D eigenvalue weighted by atomic mass is 16.3. The number of aliphatic hydroxyl groups excluding tert-OH is 1. The third kappa shape index (κ3) is 3.26. The van der Waals surface area contributed by atoms with Crippen LogP contribution in [-0.2, 0) is 17.8 Å². The van der Waals surface area contributed by atoms with Crippen LogP contribution in [0.4, 0.5) is 0 Å². The molecule has 1 amide bonds. The maximum atomic E-state index is 12.6. The summed E-state index contributed by atoms with van der Waals surface area (Å²) in [6.07, 6.45) is 0.784. The first-order chi connectivity index (χ1) is 10.3. The molecule has 1 aromatic carbocycles. The minimum absolute atomic E-state index is 0.0932. The molecule has 2 aliphatic heterocycles. The molecule has 21 heavy (non-hydrogen) atoms. The van der Waals surface area contributed by atoms with E-state index in [0.29, 0.717) is 6.54 Å². The second-order valence-corrected chi connectivity index (χ2v) is 5.80. The molecule has 0 aliphatic carbocycles. The standard InChI is InChI=1S/C16H23N3O2/c20-10-9-18-5-7-19(8-6-18)16(21)15-11-13-3-1-2-4-14(13)12-17-15/h1-4,15,17,20H,5-12H2/t15-/m1/s1. The summed E-state index contributed by atoms with van der Waals surface area (Å²) in [6, 6.07) is 8.23. The number of rotatable bonds is 3. The highest BCUT2D eigenvalue weighted by Crippen LogP contribution is 2.18. The third-order valence-electron chi connectivity index (χ3n) is 4.48. The van der Waals surface area contributed by atoms with Crippen molar-refractivity contribution in [2.24, 2.45) is 0 Å². The third-order valence-corrected chi connectivity index (χ3v) is 4.48. The van der Waals surface area contributed by atoms with Gasteiger partial charge in [0.15, 0.2) is 0 Å². The molecule has 5 heteroatoms. The SMILES string of the molecule is O=C([C@H]1Cc2ccccc2CN1)N1CCN(CCO)CC1. The number of fused-ring (bicyclic) bond motifs is 1. The number of carbonyl (C=O) groups is 1. The van der Waals surface area contributed by atoms with Crippen molar-refractivity contribution in [2.75, 3.05) is 39.3 Å². The number of amides is 1. The monoisotopic (exact) mass is 289 g/mol. The Labute approximate surface area is 125 Å². The van der Waals surface area contributed by atoms with Gasteiger partial charge in [0.25, 0.3) is 0 Å². The van der Waals surface area contributed by atoms with E-state index in [1.54, 1.807) is 0 Å². The lowest BCUT2D eigenvalue weighted by molar-refractivity contribution is -0.135. The van der Waals surface area contributed by atoms with Crippen molar-refractivity contribution < 1.29 is 9.90 Å². The van der Waals surface area contributed by atoms with Crippen molar-refractivity contribution in [3.8, 4) is 0 Å². The van der Waals surface area contributed by atoms with Gasteiger partial charge in [-0.25, -0.2) is 0 Å². The second kappa shape index (κ2) is 6.56. The number of benzene rings is 1. The molecule has 2 heterocycles. The van der Waals surface area contributed by atoms with Gasteiger partial charge in [0.05, 0.1) is 12.6 Å². The number of hydrogen-bond acceptors (Lipinski definition) is 4. The fraction of sp³-hybridized carbons (Fsp3) is 0.562. The summed E-state index contributed by atoms with van der Waals surface area (Å²) in [5, 5.41) is 12.3. The Kier molecular flexibility index (Phi) is 4.53. The van der Waals surface area contributed by atoms with Crippen LogP contribution in [0, 0.1) is 0 Å². The summed E-state index contributed by atoms with van der Waals surface area (Å²) in [4.78, 5) is 16.8. The minimum atomic E-state index is -0.0932. The molecule has 0 aromatic heterocycles. The van der Waals surface area contributed by atoms with Crippen molar-refractivity contribution in [2.45, 2.75) is 19.0 Å². The first kappa shape index (κ1) is 14.5. The Morgan fingerprint density at radius 3 is 2.62 bits per heavy atom. The molecule has 2 N–H and O–H groups in total. The van der Waals surface area contributed by atoms with Crippen LogP contribution in [0.2, 0.25) is 0 Å². The van der Waals surface area contributed by atoms with Crippen molar-refractivity contribution in [3.63, 3.8) is 0 Å². The zero-order valence-electron chi connectivity index (χ0n) is 12.3. The van der Waals surface area contributed by atoms with Gasteiger partial charge >= 0.3 is 0 Å². The Hall–Kier alpha value is -1.43. The molecular weight excluding hydrogens is 266 g/mol. The zero-order valence-corrected chi connectivity index (χ0v) is 12.3. The van der Waals surface area contributed by atoms with E-state index in [9.17, 15) is 4.79 Å². The molecule has 1 aromatic rings. The second-order valence-electron chi connectivity index (χ2n) is 5.80. The normalized spacial score (nSPS) is 22.9. The van der Waals surface area contributed by atoms with Crippen molar-refractivity contribution in [1.29, 1.82) is 0 Å². The average molecular weight is 289 g/mol. The van der Waals surface area contributed by atoms with Gasteiger partial charge in [-0.2, -0.15) is 0 Å². The molecule has 3 rings (SSSR count). The van der Waals surface area contributed by atoms with Gasteiger partial charge in [-0.15, -0.1) is 0 Å². The summed E-state index contributed by atoms with van der Waals surface area (Å²) in [5.41, 5.74) is 2.59. The summed E-state index contributed by atoms with van der Waals surface area (Å²) < 4.78 is 0. The summed E-state index contributed by atoms with van der Waals surface area (Å²) in [6.45, 7) is 4.91. The fourth-order valence-electron chi connectivity index (χ4n) is 3.18. The molecule has 0 unspecified atom stereocenters. The zero-order chi connectivity index (χ0) is 14.7. The molecule has 114 valence electrons. The van der Waals surface area contributed by atoms with Gasteiger partial charge in [-0.1, -0.05) is 24.3 Å². The highest BCUT2D eigenvalue weighted by Gasteiger charge is 2.29. The smallest absolute Gasteiger partial charge is 0.240 e. The predicted molar refractivity (Wildman–Crippen MR) is 80.9 cm³/mol. The lowest BCUT2D eigenvalue weighted by Gasteiger charge is -2.37. The van der Waals surface area contributed by atoms with E-state index < -0.39 is 0 Å². The van der Waals surface area contributed by atoms with E-state index in [1.165, 1.54) is 11.1 Å². The first-order valence-corrected chi connectivity index (χ1v) is 7.70. The molecule has 5 nitrogen and oxygen atoms in total. The van der Waals surface area contributed by atoms with Gasteiger partial charge in [0.1, 0.15) is 0 Å². The van der Waals surface area contributed by atoms with Gasteiger partial charge in [-0.05, 0) is 17.5 Å². The Morgan fingerprint density at radius 2 is 1.90 bits per heavy atom. The van der Waals surface area contributed by atoms with Crippen molar-refractivity contribution >= 4 is 5.91 Å². The summed E-state index contributed by atoms with van der Waals surface area (Å²) in [5.74, 6) is 0.216. The molecular formula is C16H23N3O2. The largest absolute Gasteiger partial charge is 0.395 e. The molecule has 0 bridgehead atoms. The number of carbonyl (C=O) groups excluding carboxylic acids is 1. The molecule has 2 aliphatic rings. The maximum Gasteiger partial charge on any atom is 0.240 e. The van der Waals surface area contributed by atoms with Crippen molar-refractivity contribution in [3.05, 3.63) is 35.4 Å². The van der Waals surface area contributed by atoms with Crippen LogP contribution in [0.1, 0.15) is 11.1 Å². The average Bonchev–Trinajstić information content (AvgIpc) is 2.55. The molecule has 1 saturated heterocycles. The quantitative estimate of drug-likeness (QED) is 0.812. The van der Waals surface area contributed by atoms with Crippen LogP contribution in [0.25, 0.3) is 0 Å². The van der Waals surface area contributed by atoms with Gasteiger partial charge < -0.3 is 15.3 Å². The summed E-state index contributed by atoms with van der Waals surface area (Å²) >= 11 is 0. The van der Waals surface area contributed by atoms with Crippen LogP contribution in [0.3, 0.4) is 0 Å². The Morgan fingerprint density at radius 1 is 1.19 bits per heavy atom. The van der Waals surface area contributed by atoms with E-state index >= 15 is 0 Å². The molecule has 0 spiro atoms. The Bertz CT molecular complexity index is 498. The first-order valence-electron chi connectivity index (χ1n) is 7.70. The number of β-amino-alcohol motifs (C(OH)–C–C–N with tert-alkyl or cyclic N) is 1. The molecule has 0 saturated carbocycles. The maximum absolute atomic E-state index is 12.6. The van der Waals surface area contributed by atoms with Crippen LogP contribution in [-0.4, -0.2) is 66.2 Å². The van der Waals surface area contributed by atoms with E-state index in [4.69, 9.17) is 5.11 Å². The van der Waals surface area contributed by atoms with E-state index in [-0.39, 0.29) is 18.6 Å². The van der Waals surface area contributed by atoms with Gasteiger partial charge in [0, 0.05) is 39.3 Å². The number of aliphatic hydroxyl groups is 1. The topological polar surface area (TPSA) is 55.8 Å². The number of nitrogens with zero attached hydrogens (tertiary/aromatic N) is 2. The predicted octanol–water partition coefficient (Wildman–Crippen LogP) is -0.163. The van der Waals surface area contributed by atoms with Gasteiger partial charge in [-0.3, -0.25) is 9.69 Å². The van der Waals surface area contributed by atoms with E-state index in [2.05, 4.69) is 22.3 Å². The molecule has 1 atom stereocenters. The highest BCUT2D eigenvalue weighted by molar-refractivity contribution is 5.82. The fourth-order valence-corrected chi connectivity index (χ4v) is 3.18. The lowest BCUT2D eigenvalue weighted by Crippen LogP contribution is -2.55. The van der Waals surface area contributed by atoms with E-state index in [1.807, 2.05) is 17.0 Å². The minimum Gasteiger partial charge on any atom is -0.395 e. The van der Waals surface area contributed by atoms with Crippen LogP contribution in [0.15, 0.2) is 24.3 Å². The van der Waals surface area contributed by atoms with Crippen LogP contribution in [0.5, 0.6) is 0 Å². The molecule has 1 fully saturated rings. The summed E-state index contributed by atoms with van der Waals surface area (Å²) in [7, 11) is 0. The van der Waals surface area contributed by atoms with Crippen molar-refractivity contribution in [1.82, 2.24) is 15.1 Å². The molecule has 0 radical (unpaired) electrons. The lowest BCUT2D eigenvalue weighted by atomic mass is 9.95. The number of nitrogens with one attached hydrogen (secondary N) is 1. The van der Waals surface area contributed by atoms with E-state index in [0.717, 1.165) is 39.1 Å². The van der Waals surface area contributed by atoms with Crippen LogP contribution >= 0.6 is 0 Å². The van der Waals surface area contributed by atoms with Gasteiger partial charge in [0.2, 0.25) is 5.91 Å². The van der Waals surface area contributed by atoms with Crippen LogP contribution < -0.4 is 5.32 Å². The number of piperazine rings is 1.